The molecule has 0 aliphatic rings. The van der Waals surface area contributed by atoms with E-state index < -0.39 is 0 Å². The fourth-order valence-electron chi connectivity index (χ4n) is 1.34. The van der Waals surface area contributed by atoms with Gasteiger partial charge in [0, 0.05) is 13.2 Å². The second-order valence-electron chi connectivity index (χ2n) is 3.68. The van der Waals surface area contributed by atoms with Crippen LogP contribution in [0.4, 0.5) is 0 Å². The second kappa shape index (κ2) is 7.68. The Morgan fingerprint density at radius 3 is 2.94 bits per heavy atom. The van der Waals surface area contributed by atoms with E-state index in [1.807, 2.05) is 31.2 Å². The van der Waals surface area contributed by atoms with Crippen molar-refractivity contribution < 1.29 is 14.3 Å². The first kappa shape index (κ1) is 13.5. The average Bonchev–Trinajstić information content (AvgIpc) is 2.37. The largest absolute Gasteiger partial charge is 0.497 e. The van der Waals surface area contributed by atoms with Crippen LogP contribution < -0.4 is 10.1 Å². The van der Waals surface area contributed by atoms with Crippen LogP contribution in [0.3, 0.4) is 0 Å². The van der Waals surface area contributed by atoms with Crippen LogP contribution >= 0.6 is 0 Å². The van der Waals surface area contributed by atoms with E-state index in [1.54, 1.807) is 7.11 Å². The van der Waals surface area contributed by atoms with E-state index in [-0.39, 0.29) is 12.5 Å². The van der Waals surface area contributed by atoms with Crippen molar-refractivity contribution >= 4 is 5.91 Å². The molecule has 1 aromatic rings. The summed E-state index contributed by atoms with van der Waals surface area (Å²) in [4.78, 5) is 11.4. The Morgan fingerprint density at radius 1 is 1.41 bits per heavy atom. The van der Waals surface area contributed by atoms with E-state index in [1.165, 1.54) is 0 Å². The highest BCUT2D eigenvalue weighted by Crippen LogP contribution is 2.11. The number of benzene rings is 1. The SMILES string of the molecule is CCCOCC(=O)NCc1cccc(OC)c1. The van der Waals surface area contributed by atoms with Crippen LogP contribution in [0.1, 0.15) is 18.9 Å². The molecule has 0 spiro atoms. The quantitative estimate of drug-likeness (QED) is 0.735. The molecule has 0 saturated heterocycles. The molecule has 0 unspecified atom stereocenters. The predicted octanol–water partition coefficient (Wildman–Crippen LogP) is 1.74. The third kappa shape index (κ3) is 5.36. The summed E-state index contributed by atoms with van der Waals surface area (Å²) < 4.78 is 10.2. The maximum atomic E-state index is 11.4. The van der Waals surface area contributed by atoms with Crippen molar-refractivity contribution in [1.82, 2.24) is 5.32 Å². The lowest BCUT2D eigenvalue weighted by Crippen LogP contribution is -2.27. The summed E-state index contributed by atoms with van der Waals surface area (Å²) in [7, 11) is 1.62. The normalized spacial score (nSPS) is 10.0. The van der Waals surface area contributed by atoms with Crippen LogP contribution in [-0.2, 0) is 16.1 Å². The topological polar surface area (TPSA) is 47.6 Å². The minimum absolute atomic E-state index is 0.0960. The monoisotopic (exact) mass is 237 g/mol. The molecule has 0 aromatic heterocycles. The van der Waals surface area contributed by atoms with Gasteiger partial charge < -0.3 is 14.8 Å². The van der Waals surface area contributed by atoms with E-state index in [2.05, 4.69) is 5.32 Å². The highest BCUT2D eigenvalue weighted by molar-refractivity contribution is 5.77. The van der Waals surface area contributed by atoms with Gasteiger partial charge in [-0.1, -0.05) is 19.1 Å². The van der Waals surface area contributed by atoms with Crippen molar-refractivity contribution in [3.63, 3.8) is 0 Å². The average molecular weight is 237 g/mol. The summed E-state index contributed by atoms with van der Waals surface area (Å²) in [6.07, 6.45) is 0.920. The molecule has 4 nitrogen and oxygen atoms in total. The van der Waals surface area contributed by atoms with Crippen LogP contribution in [-0.4, -0.2) is 26.2 Å². The first-order valence-corrected chi connectivity index (χ1v) is 5.73. The van der Waals surface area contributed by atoms with E-state index in [0.29, 0.717) is 13.2 Å². The number of carbonyl (C=O) groups is 1. The molecule has 4 heteroatoms. The molecule has 1 amide bonds. The molecule has 0 bridgehead atoms. The molecule has 0 aliphatic heterocycles. The maximum absolute atomic E-state index is 11.4. The number of amides is 1. The third-order valence-electron chi connectivity index (χ3n) is 2.21. The van der Waals surface area contributed by atoms with Gasteiger partial charge in [0.1, 0.15) is 12.4 Å². The predicted molar refractivity (Wildman–Crippen MR) is 66.0 cm³/mol. The van der Waals surface area contributed by atoms with Gasteiger partial charge in [-0.15, -0.1) is 0 Å². The summed E-state index contributed by atoms with van der Waals surface area (Å²) in [6.45, 7) is 3.24. The Morgan fingerprint density at radius 2 is 2.24 bits per heavy atom. The Bertz CT molecular complexity index is 352. The van der Waals surface area contributed by atoms with Crippen molar-refractivity contribution in [1.29, 1.82) is 0 Å². The molecular formula is C13H19NO3. The van der Waals surface area contributed by atoms with Crippen LogP contribution in [0, 0.1) is 0 Å². The Kier molecular flexibility index (Phi) is 6.10. The summed E-state index contributed by atoms with van der Waals surface area (Å²) in [5.74, 6) is 0.695. The molecule has 1 aromatic carbocycles. The zero-order valence-electron chi connectivity index (χ0n) is 10.4. The number of ether oxygens (including phenoxy) is 2. The second-order valence-corrected chi connectivity index (χ2v) is 3.68. The van der Waals surface area contributed by atoms with Gasteiger partial charge in [-0.3, -0.25) is 4.79 Å². The lowest BCUT2D eigenvalue weighted by atomic mass is 10.2. The molecule has 0 aliphatic carbocycles. The zero-order valence-corrected chi connectivity index (χ0v) is 10.4. The summed E-state index contributed by atoms with van der Waals surface area (Å²) in [5, 5.41) is 2.79. The van der Waals surface area contributed by atoms with Gasteiger partial charge in [0.05, 0.1) is 7.11 Å². The zero-order chi connectivity index (χ0) is 12.5. The molecule has 0 radical (unpaired) electrons. The van der Waals surface area contributed by atoms with Crippen LogP contribution in [0.2, 0.25) is 0 Å². The number of methoxy groups -OCH3 is 1. The highest BCUT2D eigenvalue weighted by Gasteiger charge is 2.01. The molecule has 1 N–H and O–H groups in total. The highest BCUT2D eigenvalue weighted by atomic mass is 16.5. The standard InChI is InChI=1S/C13H19NO3/c1-3-7-17-10-13(15)14-9-11-5-4-6-12(8-11)16-2/h4-6,8H,3,7,9-10H2,1-2H3,(H,14,15). The number of carbonyl (C=O) groups excluding carboxylic acids is 1. The Labute approximate surface area is 102 Å². The van der Waals surface area contributed by atoms with Crippen molar-refractivity contribution in [3.8, 4) is 5.75 Å². The Hall–Kier alpha value is -1.55. The summed E-state index contributed by atoms with van der Waals surface area (Å²) in [5.41, 5.74) is 1.01. The van der Waals surface area contributed by atoms with E-state index in [4.69, 9.17) is 9.47 Å². The van der Waals surface area contributed by atoms with Gasteiger partial charge in [-0.05, 0) is 24.1 Å². The molecule has 0 heterocycles. The van der Waals surface area contributed by atoms with Crippen molar-refractivity contribution in [2.75, 3.05) is 20.3 Å². The van der Waals surface area contributed by atoms with Gasteiger partial charge in [-0.2, -0.15) is 0 Å². The molecule has 0 saturated carbocycles. The van der Waals surface area contributed by atoms with Crippen LogP contribution in [0.5, 0.6) is 5.75 Å². The van der Waals surface area contributed by atoms with E-state index in [0.717, 1.165) is 17.7 Å². The first-order valence-electron chi connectivity index (χ1n) is 5.73. The smallest absolute Gasteiger partial charge is 0.246 e. The van der Waals surface area contributed by atoms with Crippen LogP contribution in [0.15, 0.2) is 24.3 Å². The van der Waals surface area contributed by atoms with Crippen LogP contribution in [0.25, 0.3) is 0 Å². The molecule has 17 heavy (non-hydrogen) atoms. The number of hydrogen-bond donors (Lipinski definition) is 1. The summed E-state index contributed by atoms with van der Waals surface area (Å²) in [6, 6.07) is 7.60. The van der Waals surface area contributed by atoms with E-state index in [9.17, 15) is 4.79 Å². The molecule has 0 fully saturated rings. The molecular weight excluding hydrogens is 218 g/mol. The van der Waals surface area contributed by atoms with Crippen molar-refractivity contribution in [2.24, 2.45) is 0 Å². The van der Waals surface area contributed by atoms with Gasteiger partial charge in [-0.25, -0.2) is 0 Å². The molecule has 0 atom stereocenters. The van der Waals surface area contributed by atoms with Gasteiger partial charge in [0.25, 0.3) is 0 Å². The lowest BCUT2D eigenvalue weighted by Gasteiger charge is -2.07. The first-order chi connectivity index (χ1) is 8.26. The van der Waals surface area contributed by atoms with Crippen molar-refractivity contribution in [2.45, 2.75) is 19.9 Å². The Balaban J connectivity index is 2.31. The number of hydrogen-bond acceptors (Lipinski definition) is 3. The number of rotatable bonds is 7. The number of nitrogens with one attached hydrogen (secondary N) is 1. The van der Waals surface area contributed by atoms with E-state index >= 15 is 0 Å². The van der Waals surface area contributed by atoms with Gasteiger partial charge in [0.15, 0.2) is 0 Å². The minimum atomic E-state index is -0.0960. The van der Waals surface area contributed by atoms with Crippen molar-refractivity contribution in [3.05, 3.63) is 29.8 Å². The fraction of sp³-hybridized carbons (Fsp3) is 0.462. The maximum Gasteiger partial charge on any atom is 0.246 e. The lowest BCUT2D eigenvalue weighted by molar-refractivity contribution is -0.125. The molecule has 1 rings (SSSR count). The molecule has 94 valence electrons. The third-order valence-corrected chi connectivity index (χ3v) is 2.21. The fourth-order valence-corrected chi connectivity index (χ4v) is 1.34. The van der Waals surface area contributed by atoms with Gasteiger partial charge in [0.2, 0.25) is 5.91 Å². The minimum Gasteiger partial charge on any atom is -0.497 e. The summed E-state index contributed by atoms with van der Waals surface area (Å²) >= 11 is 0. The van der Waals surface area contributed by atoms with Gasteiger partial charge >= 0.3 is 0 Å².